The van der Waals surface area contributed by atoms with Crippen molar-refractivity contribution >= 4 is 27.3 Å². The molecule has 1 N–H and O–H groups in total. The van der Waals surface area contributed by atoms with E-state index in [4.69, 9.17) is 0 Å². The number of alkyl halides is 2. The third-order valence-electron chi connectivity index (χ3n) is 5.01. The van der Waals surface area contributed by atoms with E-state index in [1.165, 1.54) is 0 Å². The highest BCUT2D eigenvalue weighted by Gasteiger charge is 2.79. The van der Waals surface area contributed by atoms with E-state index in [1.807, 2.05) is 0 Å². The fourth-order valence-electron chi connectivity index (χ4n) is 3.79. The van der Waals surface area contributed by atoms with Gasteiger partial charge in [-0.3, -0.25) is 0 Å². The predicted octanol–water partition coefficient (Wildman–Crippen LogP) is 3.73. The van der Waals surface area contributed by atoms with Crippen LogP contribution in [-0.2, 0) is 0 Å². The Kier molecular flexibility index (Phi) is 2.80. The Morgan fingerprint density at radius 3 is 3.10 bits per heavy atom. The summed E-state index contributed by atoms with van der Waals surface area (Å²) in [6.45, 7) is 0.273. The molecule has 0 saturated heterocycles. The van der Waals surface area contributed by atoms with Gasteiger partial charge in [0.15, 0.2) is 5.82 Å². The molecule has 21 heavy (non-hydrogen) atoms. The third-order valence-corrected chi connectivity index (χ3v) is 5.59. The summed E-state index contributed by atoms with van der Waals surface area (Å²) in [6, 6.07) is 0. The number of hydrogen-bond donors (Lipinski definition) is 1. The highest BCUT2D eigenvalue weighted by Crippen LogP contribution is 2.72. The summed E-state index contributed by atoms with van der Waals surface area (Å²) in [5.41, 5.74) is -0.0862. The molecule has 0 aromatic carbocycles. The van der Waals surface area contributed by atoms with Crippen molar-refractivity contribution in [2.75, 3.05) is 11.9 Å². The van der Waals surface area contributed by atoms with Gasteiger partial charge in [-0.15, -0.1) is 0 Å². The van der Waals surface area contributed by atoms with Crippen molar-refractivity contribution in [2.45, 2.75) is 31.6 Å². The Balaban J connectivity index is 1.61. The van der Waals surface area contributed by atoms with E-state index in [0.717, 1.165) is 22.8 Å². The van der Waals surface area contributed by atoms with Crippen LogP contribution in [0.1, 0.15) is 25.7 Å². The summed E-state index contributed by atoms with van der Waals surface area (Å²) in [5, 5.41) is 7.31. The van der Waals surface area contributed by atoms with E-state index in [1.54, 1.807) is 23.1 Å². The number of hydrogen-bond acceptors (Lipinski definition) is 3. The van der Waals surface area contributed by atoms with Crippen molar-refractivity contribution in [3.05, 3.63) is 23.1 Å². The van der Waals surface area contributed by atoms with Gasteiger partial charge < -0.3 is 5.32 Å². The predicted molar refractivity (Wildman–Crippen MR) is 78.5 cm³/mol. The first-order chi connectivity index (χ1) is 10.1. The van der Waals surface area contributed by atoms with Gasteiger partial charge in [-0.2, -0.15) is 5.10 Å². The van der Waals surface area contributed by atoms with Gasteiger partial charge in [-0.1, -0.05) is 12.8 Å². The molecule has 2 heterocycles. The molecular weight excluding hydrogens is 342 g/mol. The van der Waals surface area contributed by atoms with Crippen LogP contribution in [0.2, 0.25) is 0 Å². The molecule has 112 valence electrons. The first-order valence-electron chi connectivity index (χ1n) is 7.16. The zero-order valence-electron chi connectivity index (χ0n) is 11.3. The topological polar surface area (TPSA) is 42.2 Å². The molecule has 2 fully saturated rings. The van der Waals surface area contributed by atoms with Crippen molar-refractivity contribution in [1.82, 2.24) is 14.6 Å². The Labute approximate surface area is 129 Å². The fraction of sp³-hybridized carbons (Fsp3) is 0.571. The van der Waals surface area contributed by atoms with Crippen LogP contribution in [-0.4, -0.2) is 27.1 Å². The molecule has 2 saturated carbocycles. The van der Waals surface area contributed by atoms with Gasteiger partial charge in [-0.25, -0.2) is 18.3 Å². The first-order valence-corrected chi connectivity index (χ1v) is 7.95. The molecule has 0 amide bonds. The number of halogens is 3. The van der Waals surface area contributed by atoms with Gasteiger partial charge >= 0.3 is 0 Å². The molecule has 4 nitrogen and oxygen atoms in total. The van der Waals surface area contributed by atoms with Gasteiger partial charge in [0.05, 0.1) is 16.1 Å². The molecule has 2 aromatic heterocycles. The van der Waals surface area contributed by atoms with Gasteiger partial charge in [-0.05, 0) is 28.8 Å². The maximum Gasteiger partial charge on any atom is 0.259 e. The number of anilines is 1. The molecule has 2 unspecified atom stereocenters. The second kappa shape index (κ2) is 4.38. The van der Waals surface area contributed by atoms with E-state index in [0.29, 0.717) is 18.7 Å². The lowest BCUT2D eigenvalue weighted by Gasteiger charge is -2.21. The Bertz CT molecular complexity index is 701. The molecule has 0 spiro atoms. The van der Waals surface area contributed by atoms with Crippen LogP contribution in [0.3, 0.4) is 0 Å². The molecule has 7 heteroatoms. The second-order valence-electron chi connectivity index (χ2n) is 5.99. The summed E-state index contributed by atoms with van der Waals surface area (Å²) in [6.07, 6.45) is 8.08. The number of fused-ring (bicyclic) bond motifs is 2. The van der Waals surface area contributed by atoms with Gasteiger partial charge in [0.2, 0.25) is 0 Å². The van der Waals surface area contributed by atoms with Crippen molar-refractivity contribution in [1.29, 1.82) is 0 Å². The highest BCUT2D eigenvalue weighted by atomic mass is 79.9. The second-order valence-corrected chi connectivity index (χ2v) is 6.85. The lowest BCUT2D eigenvalue weighted by molar-refractivity contribution is 0.0604. The maximum absolute atomic E-state index is 14.1. The first kappa shape index (κ1) is 13.4. The number of nitrogens with one attached hydrogen (secondary N) is 1. The van der Waals surface area contributed by atoms with Crippen molar-refractivity contribution in [3.8, 4) is 0 Å². The fourth-order valence-corrected chi connectivity index (χ4v) is 4.25. The zero-order valence-corrected chi connectivity index (χ0v) is 12.9. The zero-order chi connectivity index (χ0) is 14.7. The molecule has 0 aliphatic heterocycles. The van der Waals surface area contributed by atoms with Crippen molar-refractivity contribution in [2.24, 2.45) is 11.3 Å². The number of rotatable bonds is 3. The smallest absolute Gasteiger partial charge is 0.259 e. The van der Waals surface area contributed by atoms with Gasteiger partial charge in [0.1, 0.15) is 5.52 Å². The van der Waals surface area contributed by atoms with Crippen LogP contribution in [0.15, 0.2) is 23.1 Å². The normalized spacial score (nSPS) is 30.1. The molecule has 2 atom stereocenters. The Morgan fingerprint density at radius 2 is 2.29 bits per heavy atom. The van der Waals surface area contributed by atoms with Crippen molar-refractivity contribution < 1.29 is 8.78 Å². The number of aromatic nitrogens is 3. The summed E-state index contributed by atoms with van der Waals surface area (Å²) < 4.78 is 30.7. The highest BCUT2D eigenvalue weighted by molar-refractivity contribution is 9.10. The van der Waals surface area contributed by atoms with Crippen LogP contribution >= 0.6 is 15.9 Å². The van der Waals surface area contributed by atoms with Crippen molar-refractivity contribution in [3.63, 3.8) is 0 Å². The van der Waals surface area contributed by atoms with Crippen LogP contribution in [0, 0.1) is 11.3 Å². The van der Waals surface area contributed by atoms with E-state index >= 15 is 0 Å². The van der Waals surface area contributed by atoms with E-state index in [9.17, 15) is 8.78 Å². The quantitative estimate of drug-likeness (QED) is 0.910. The Hall–Kier alpha value is -1.24. The molecule has 2 aromatic rings. The summed E-state index contributed by atoms with van der Waals surface area (Å²) in [5.74, 6) is -2.39. The molecule has 2 aliphatic carbocycles. The molecule has 0 radical (unpaired) electrons. The molecule has 2 aliphatic rings. The van der Waals surface area contributed by atoms with E-state index < -0.39 is 17.3 Å². The minimum atomic E-state index is -2.53. The molecular formula is C14H15BrF2N4. The largest absolute Gasteiger partial charge is 0.367 e. The molecule has 4 rings (SSSR count). The monoisotopic (exact) mass is 356 g/mol. The number of nitrogens with zero attached hydrogens (tertiary/aromatic N) is 3. The van der Waals surface area contributed by atoms with E-state index in [2.05, 4.69) is 31.3 Å². The average molecular weight is 357 g/mol. The lowest BCUT2D eigenvalue weighted by atomic mass is 9.88. The maximum atomic E-state index is 14.1. The Morgan fingerprint density at radius 1 is 1.43 bits per heavy atom. The standard InChI is InChI=1S/C14H15BrF2N4/c15-9-7-20-21-6-5-18-12(11(9)21)19-8-13-4-2-1-3-10(13)14(13,16)17/h5-7,10H,1-4,8H2,(H,18,19). The summed E-state index contributed by atoms with van der Waals surface area (Å²) in [4.78, 5) is 4.27. The van der Waals surface area contributed by atoms with Gasteiger partial charge in [0, 0.05) is 24.9 Å². The van der Waals surface area contributed by atoms with Crippen LogP contribution in [0.4, 0.5) is 14.6 Å². The van der Waals surface area contributed by atoms with Crippen LogP contribution in [0.5, 0.6) is 0 Å². The van der Waals surface area contributed by atoms with Gasteiger partial charge in [0.25, 0.3) is 5.92 Å². The minimum absolute atomic E-state index is 0.273. The average Bonchev–Trinajstić information content (AvgIpc) is 2.77. The minimum Gasteiger partial charge on any atom is -0.367 e. The SMILES string of the molecule is FC1(F)C2CCCCC21CNc1nccn2ncc(Br)c12. The van der Waals surface area contributed by atoms with Crippen LogP contribution < -0.4 is 5.32 Å². The summed E-state index contributed by atoms with van der Waals surface area (Å²) in [7, 11) is 0. The van der Waals surface area contributed by atoms with E-state index in [-0.39, 0.29) is 6.54 Å². The van der Waals surface area contributed by atoms with Crippen LogP contribution in [0.25, 0.3) is 5.52 Å². The lowest BCUT2D eigenvalue weighted by Crippen LogP contribution is -2.24. The summed E-state index contributed by atoms with van der Waals surface area (Å²) >= 11 is 3.42. The third kappa shape index (κ3) is 1.76. The molecule has 0 bridgehead atoms.